The first-order valence-electron chi connectivity index (χ1n) is 8.52. The van der Waals surface area contributed by atoms with E-state index >= 15 is 0 Å². The Hall–Kier alpha value is -2.67. The lowest BCUT2D eigenvalue weighted by Gasteiger charge is -2.08. The molecule has 136 valence electrons. The van der Waals surface area contributed by atoms with Crippen molar-refractivity contribution in [3.63, 3.8) is 0 Å². The number of hydrogen-bond acceptors (Lipinski definition) is 4. The minimum absolute atomic E-state index is 0.221. The van der Waals surface area contributed by atoms with E-state index in [9.17, 15) is 19.5 Å². The summed E-state index contributed by atoms with van der Waals surface area (Å²) in [6.45, 7) is 1.39. The summed E-state index contributed by atoms with van der Waals surface area (Å²) in [5.74, 6) is -1.62. The molecule has 2 aromatic rings. The molecule has 1 heterocycles. The van der Waals surface area contributed by atoms with Crippen LogP contribution in [-0.2, 0) is 17.6 Å². The molecular weight excluding hydrogens is 352 g/mol. The third-order valence-corrected chi connectivity index (χ3v) is 5.51. The van der Waals surface area contributed by atoms with E-state index in [1.807, 2.05) is 0 Å². The number of carboxylic acids is 1. The molecule has 0 unspecified atom stereocenters. The fourth-order valence-corrected chi connectivity index (χ4v) is 4.45. The van der Waals surface area contributed by atoms with E-state index in [2.05, 4.69) is 10.6 Å². The Morgan fingerprint density at radius 3 is 2.58 bits per heavy atom. The molecule has 1 aromatic carbocycles. The Morgan fingerprint density at radius 1 is 1.08 bits per heavy atom. The van der Waals surface area contributed by atoms with Crippen LogP contribution in [0, 0.1) is 0 Å². The Kier molecular flexibility index (Phi) is 5.37. The summed E-state index contributed by atoms with van der Waals surface area (Å²) in [6, 6.07) is 6.55. The average Bonchev–Trinajstić information content (AvgIpc) is 2.76. The van der Waals surface area contributed by atoms with Crippen LogP contribution in [0.1, 0.15) is 57.3 Å². The van der Waals surface area contributed by atoms with Crippen LogP contribution < -0.4 is 10.6 Å². The van der Waals surface area contributed by atoms with Gasteiger partial charge in [-0.1, -0.05) is 12.5 Å². The molecule has 1 aromatic heterocycles. The number of thiophene rings is 1. The number of benzene rings is 1. The van der Waals surface area contributed by atoms with E-state index < -0.39 is 11.9 Å². The molecule has 1 aliphatic rings. The van der Waals surface area contributed by atoms with E-state index in [0.29, 0.717) is 16.3 Å². The minimum atomic E-state index is -1.01. The summed E-state index contributed by atoms with van der Waals surface area (Å²) < 4.78 is 0. The Bertz CT molecular complexity index is 872. The van der Waals surface area contributed by atoms with Gasteiger partial charge >= 0.3 is 5.97 Å². The lowest BCUT2D eigenvalue weighted by atomic mass is 10.1. The first-order valence-corrected chi connectivity index (χ1v) is 9.34. The van der Waals surface area contributed by atoms with Gasteiger partial charge in [-0.2, -0.15) is 0 Å². The number of aromatic carboxylic acids is 1. The monoisotopic (exact) mass is 372 g/mol. The number of amides is 2. The van der Waals surface area contributed by atoms with Gasteiger partial charge in [-0.05, 0) is 49.4 Å². The lowest BCUT2D eigenvalue weighted by Crippen LogP contribution is -2.14. The van der Waals surface area contributed by atoms with Crippen molar-refractivity contribution >= 4 is 39.8 Å². The minimum Gasteiger partial charge on any atom is -0.478 e. The Morgan fingerprint density at radius 2 is 1.85 bits per heavy atom. The number of aryl methyl sites for hydroxylation is 1. The first kappa shape index (κ1) is 18.1. The maximum atomic E-state index is 12.6. The van der Waals surface area contributed by atoms with Crippen LogP contribution in [0.3, 0.4) is 0 Å². The molecule has 3 rings (SSSR count). The summed E-state index contributed by atoms with van der Waals surface area (Å²) in [4.78, 5) is 36.6. The van der Waals surface area contributed by atoms with Gasteiger partial charge in [0.05, 0.1) is 5.56 Å². The van der Waals surface area contributed by atoms with Gasteiger partial charge in [-0.25, -0.2) is 4.79 Å². The van der Waals surface area contributed by atoms with Crippen molar-refractivity contribution in [1.82, 2.24) is 0 Å². The van der Waals surface area contributed by atoms with Crippen molar-refractivity contribution in [3.8, 4) is 0 Å². The van der Waals surface area contributed by atoms with Crippen molar-refractivity contribution in [2.24, 2.45) is 0 Å². The van der Waals surface area contributed by atoms with Gasteiger partial charge in [-0.15, -0.1) is 11.3 Å². The van der Waals surface area contributed by atoms with Gasteiger partial charge in [-0.3, -0.25) is 9.59 Å². The van der Waals surface area contributed by atoms with Gasteiger partial charge in [0.15, 0.2) is 0 Å². The zero-order chi connectivity index (χ0) is 18.7. The van der Waals surface area contributed by atoms with Gasteiger partial charge in [0.25, 0.3) is 5.91 Å². The lowest BCUT2D eigenvalue weighted by molar-refractivity contribution is -0.114. The quantitative estimate of drug-likeness (QED) is 0.709. The van der Waals surface area contributed by atoms with Crippen molar-refractivity contribution in [2.45, 2.75) is 39.0 Å². The molecule has 0 saturated carbocycles. The normalized spacial score (nSPS) is 13.4. The number of anilines is 2. The number of carboxylic acid groups (broad SMARTS) is 1. The molecule has 26 heavy (non-hydrogen) atoms. The van der Waals surface area contributed by atoms with Crippen LogP contribution in [0.4, 0.5) is 10.7 Å². The Labute approximate surface area is 155 Å². The zero-order valence-electron chi connectivity index (χ0n) is 14.4. The number of rotatable bonds is 4. The van der Waals surface area contributed by atoms with E-state index in [0.717, 1.165) is 42.5 Å². The zero-order valence-corrected chi connectivity index (χ0v) is 15.2. The number of fused-ring (bicyclic) bond motifs is 1. The number of nitrogens with one attached hydrogen (secondary N) is 2. The molecule has 0 bridgehead atoms. The largest absolute Gasteiger partial charge is 0.478 e. The molecule has 2 amide bonds. The highest BCUT2D eigenvalue weighted by atomic mass is 32.1. The molecule has 0 saturated heterocycles. The number of carbonyl (C=O) groups excluding carboxylic acids is 2. The molecule has 0 atom stereocenters. The maximum absolute atomic E-state index is 12.6. The predicted molar refractivity (Wildman–Crippen MR) is 101 cm³/mol. The summed E-state index contributed by atoms with van der Waals surface area (Å²) in [5, 5.41) is 15.4. The van der Waals surface area contributed by atoms with Gasteiger partial charge in [0.1, 0.15) is 5.00 Å². The number of carbonyl (C=O) groups is 3. The van der Waals surface area contributed by atoms with E-state index in [4.69, 9.17) is 0 Å². The average molecular weight is 372 g/mol. The standard InChI is InChI=1S/C19H20N2O4S/c1-11(22)20-13-7-5-6-12(10-13)17(23)21-18-16(19(24)25)14-8-3-2-4-9-15(14)26-18/h5-7,10H,2-4,8-9H2,1H3,(H,20,22)(H,21,23)(H,24,25). The second kappa shape index (κ2) is 7.70. The van der Waals surface area contributed by atoms with Crippen LogP contribution in [0.2, 0.25) is 0 Å². The fraction of sp³-hybridized carbons (Fsp3) is 0.316. The molecule has 7 heteroatoms. The molecule has 0 spiro atoms. The van der Waals surface area contributed by atoms with E-state index in [1.54, 1.807) is 24.3 Å². The first-order chi connectivity index (χ1) is 12.5. The topological polar surface area (TPSA) is 95.5 Å². The fourth-order valence-electron chi connectivity index (χ4n) is 3.17. The molecular formula is C19H20N2O4S. The van der Waals surface area contributed by atoms with Crippen molar-refractivity contribution in [1.29, 1.82) is 0 Å². The molecule has 6 nitrogen and oxygen atoms in total. The van der Waals surface area contributed by atoms with Crippen molar-refractivity contribution < 1.29 is 19.5 Å². The summed E-state index contributed by atoms with van der Waals surface area (Å²) in [6.07, 6.45) is 4.70. The van der Waals surface area contributed by atoms with Crippen LogP contribution in [0.15, 0.2) is 24.3 Å². The molecule has 0 radical (unpaired) electrons. The number of hydrogen-bond donors (Lipinski definition) is 3. The third kappa shape index (κ3) is 3.94. The van der Waals surface area contributed by atoms with Gasteiger partial charge < -0.3 is 15.7 Å². The van der Waals surface area contributed by atoms with E-state index in [1.165, 1.54) is 18.3 Å². The summed E-state index contributed by atoms with van der Waals surface area (Å²) in [7, 11) is 0. The summed E-state index contributed by atoms with van der Waals surface area (Å²) in [5.41, 5.74) is 1.96. The highest BCUT2D eigenvalue weighted by Crippen LogP contribution is 2.37. The van der Waals surface area contributed by atoms with Crippen molar-refractivity contribution in [3.05, 3.63) is 45.8 Å². The van der Waals surface area contributed by atoms with Crippen LogP contribution in [0.25, 0.3) is 0 Å². The maximum Gasteiger partial charge on any atom is 0.339 e. The molecule has 0 fully saturated rings. The van der Waals surface area contributed by atoms with Crippen LogP contribution >= 0.6 is 11.3 Å². The molecule has 0 aliphatic heterocycles. The third-order valence-electron chi connectivity index (χ3n) is 4.31. The van der Waals surface area contributed by atoms with Gasteiger partial charge in [0.2, 0.25) is 5.91 Å². The smallest absolute Gasteiger partial charge is 0.339 e. The van der Waals surface area contributed by atoms with Crippen LogP contribution in [-0.4, -0.2) is 22.9 Å². The SMILES string of the molecule is CC(=O)Nc1cccc(C(=O)Nc2sc3c(c2C(=O)O)CCCCC3)c1. The highest BCUT2D eigenvalue weighted by molar-refractivity contribution is 7.17. The van der Waals surface area contributed by atoms with E-state index in [-0.39, 0.29) is 11.5 Å². The molecule has 3 N–H and O–H groups in total. The predicted octanol–water partition coefficient (Wildman–Crippen LogP) is 3.93. The second-order valence-corrected chi connectivity index (χ2v) is 7.40. The Balaban J connectivity index is 1.88. The highest BCUT2D eigenvalue weighted by Gasteiger charge is 2.25. The van der Waals surface area contributed by atoms with Gasteiger partial charge in [0, 0.05) is 23.1 Å². The second-order valence-electron chi connectivity index (χ2n) is 6.29. The van der Waals surface area contributed by atoms with Crippen LogP contribution in [0.5, 0.6) is 0 Å². The molecule has 1 aliphatic carbocycles. The summed E-state index contributed by atoms with van der Waals surface area (Å²) >= 11 is 1.36. The van der Waals surface area contributed by atoms with Crippen molar-refractivity contribution in [2.75, 3.05) is 10.6 Å².